The maximum absolute atomic E-state index is 9.29. The van der Waals surface area contributed by atoms with Gasteiger partial charge in [-0.3, -0.25) is 0 Å². The molecule has 0 saturated heterocycles. The second-order valence-corrected chi connectivity index (χ2v) is 5.20. The molecule has 2 N–H and O–H groups in total. The number of likely N-dealkylation sites (N-methyl/N-ethyl adjacent to an activating group) is 1. The van der Waals surface area contributed by atoms with Crippen molar-refractivity contribution in [2.24, 2.45) is 5.92 Å². The van der Waals surface area contributed by atoms with Crippen molar-refractivity contribution in [3.8, 4) is 0 Å². The molecule has 0 amide bonds. The molecule has 0 bridgehead atoms. The van der Waals surface area contributed by atoms with Crippen LogP contribution in [0.3, 0.4) is 0 Å². The zero-order valence-electron chi connectivity index (χ0n) is 10.8. The molecule has 0 heterocycles. The molecule has 1 saturated carbocycles. The minimum Gasteiger partial charge on any atom is -0.394 e. The summed E-state index contributed by atoms with van der Waals surface area (Å²) in [6, 6.07) is 0. The Kier molecular flexibility index (Phi) is 6.32. The highest BCUT2D eigenvalue weighted by Gasteiger charge is 2.21. The molecule has 0 aromatic carbocycles. The number of rotatable bonds is 9. The van der Waals surface area contributed by atoms with Crippen LogP contribution in [0, 0.1) is 5.92 Å². The summed E-state index contributed by atoms with van der Waals surface area (Å²) in [4.78, 5) is 0. The van der Waals surface area contributed by atoms with E-state index >= 15 is 0 Å². The summed E-state index contributed by atoms with van der Waals surface area (Å²) in [6.07, 6.45) is 6.30. The van der Waals surface area contributed by atoms with Crippen LogP contribution in [-0.2, 0) is 4.74 Å². The fourth-order valence-electron chi connectivity index (χ4n) is 2.08. The van der Waals surface area contributed by atoms with Gasteiger partial charge in [-0.05, 0) is 32.2 Å². The lowest BCUT2D eigenvalue weighted by atomic mass is 9.83. The lowest BCUT2D eigenvalue weighted by Crippen LogP contribution is -2.46. The third-order valence-electron chi connectivity index (χ3n) is 3.65. The van der Waals surface area contributed by atoms with E-state index in [-0.39, 0.29) is 12.1 Å². The van der Waals surface area contributed by atoms with Crippen LogP contribution in [0.25, 0.3) is 0 Å². The first-order chi connectivity index (χ1) is 7.70. The molecule has 3 heteroatoms. The van der Waals surface area contributed by atoms with Crippen molar-refractivity contribution >= 4 is 0 Å². The van der Waals surface area contributed by atoms with Crippen molar-refractivity contribution in [3.63, 3.8) is 0 Å². The Labute approximate surface area is 99.6 Å². The molecule has 1 rings (SSSR count). The van der Waals surface area contributed by atoms with E-state index in [1.54, 1.807) is 0 Å². The van der Waals surface area contributed by atoms with E-state index in [1.165, 1.54) is 25.7 Å². The molecule has 0 spiro atoms. The van der Waals surface area contributed by atoms with Crippen molar-refractivity contribution in [2.45, 2.75) is 51.5 Å². The number of aliphatic hydroxyl groups is 1. The van der Waals surface area contributed by atoms with Gasteiger partial charge in [0.15, 0.2) is 0 Å². The van der Waals surface area contributed by atoms with Crippen molar-refractivity contribution in [2.75, 3.05) is 26.4 Å². The van der Waals surface area contributed by atoms with Crippen LogP contribution in [-0.4, -0.2) is 37.0 Å². The van der Waals surface area contributed by atoms with Crippen molar-refractivity contribution < 1.29 is 9.84 Å². The molecule has 0 aliphatic heterocycles. The molecule has 1 aliphatic rings. The van der Waals surface area contributed by atoms with Crippen LogP contribution >= 0.6 is 0 Å². The van der Waals surface area contributed by atoms with E-state index in [0.717, 1.165) is 32.1 Å². The second-order valence-electron chi connectivity index (χ2n) is 5.20. The summed E-state index contributed by atoms with van der Waals surface area (Å²) in [5, 5.41) is 12.6. The SMILES string of the molecule is CCNC(C)(CO)CCOCCC1CCC1. The van der Waals surface area contributed by atoms with Gasteiger partial charge in [-0.25, -0.2) is 0 Å². The molecule has 0 aromatic rings. The molecular weight excluding hydrogens is 202 g/mol. The van der Waals surface area contributed by atoms with Gasteiger partial charge >= 0.3 is 0 Å². The van der Waals surface area contributed by atoms with Crippen LogP contribution in [0.4, 0.5) is 0 Å². The summed E-state index contributed by atoms with van der Waals surface area (Å²) < 4.78 is 5.63. The van der Waals surface area contributed by atoms with Crippen molar-refractivity contribution in [1.82, 2.24) is 5.32 Å². The fourth-order valence-corrected chi connectivity index (χ4v) is 2.08. The molecule has 0 radical (unpaired) electrons. The van der Waals surface area contributed by atoms with Gasteiger partial charge in [0.1, 0.15) is 0 Å². The van der Waals surface area contributed by atoms with Crippen LogP contribution in [0.5, 0.6) is 0 Å². The lowest BCUT2D eigenvalue weighted by molar-refractivity contribution is 0.0735. The Balaban J connectivity index is 1.99. The summed E-state index contributed by atoms with van der Waals surface area (Å²) in [6.45, 7) is 6.80. The third kappa shape index (κ3) is 4.81. The maximum Gasteiger partial charge on any atom is 0.0611 e. The molecule has 1 unspecified atom stereocenters. The van der Waals surface area contributed by atoms with Gasteiger partial charge in [0, 0.05) is 18.8 Å². The minimum absolute atomic E-state index is 0.173. The molecule has 16 heavy (non-hydrogen) atoms. The number of aliphatic hydroxyl groups excluding tert-OH is 1. The highest BCUT2D eigenvalue weighted by molar-refractivity contribution is 4.81. The molecule has 96 valence electrons. The Morgan fingerprint density at radius 1 is 1.38 bits per heavy atom. The first-order valence-electron chi connectivity index (χ1n) is 6.64. The van der Waals surface area contributed by atoms with E-state index in [2.05, 4.69) is 12.2 Å². The summed E-state index contributed by atoms with van der Waals surface area (Å²) in [5.74, 6) is 0.929. The first kappa shape index (κ1) is 13.9. The maximum atomic E-state index is 9.29. The summed E-state index contributed by atoms with van der Waals surface area (Å²) in [5.41, 5.74) is -0.175. The number of hydrogen-bond donors (Lipinski definition) is 2. The van der Waals surface area contributed by atoms with E-state index in [1.807, 2.05) is 6.92 Å². The van der Waals surface area contributed by atoms with Crippen LogP contribution in [0.2, 0.25) is 0 Å². The number of hydrogen-bond acceptors (Lipinski definition) is 3. The third-order valence-corrected chi connectivity index (χ3v) is 3.65. The van der Waals surface area contributed by atoms with Gasteiger partial charge in [0.25, 0.3) is 0 Å². The Hall–Kier alpha value is -0.120. The van der Waals surface area contributed by atoms with Crippen LogP contribution in [0.1, 0.15) is 46.0 Å². The largest absolute Gasteiger partial charge is 0.394 e. The van der Waals surface area contributed by atoms with Gasteiger partial charge in [-0.1, -0.05) is 26.2 Å². The van der Waals surface area contributed by atoms with Crippen molar-refractivity contribution in [1.29, 1.82) is 0 Å². The Bertz CT molecular complexity index is 183. The highest BCUT2D eigenvalue weighted by atomic mass is 16.5. The molecule has 1 atom stereocenters. The van der Waals surface area contributed by atoms with E-state index in [9.17, 15) is 5.11 Å². The summed E-state index contributed by atoms with van der Waals surface area (Å²) in [7, 11) is 0. The average molecular weight is 229 g/mol. The zero-order valence-corrected chi connectivity index (χ0v) is 10.8. The highest BCUT2D eigenvalue weighted by Crippen LogP contribution is 2.29. The predicted molar refractivity (Wildman–Crippen MR) is 66.6 cm³/mol. The fraction of sp³-hybridized carbons (Fsp3) is 1.00. The van der Waals surface area contributed by atoms with Gasteiger partial charge in [-0.15, -0.1) is 0 Å². The quantitative estimate of drug-likeness (QED) is 0.594. The van der Waals surface area contributed by atoms with Crippen LogP contribution in [0.15, 0.2) is 0 Å². The molecule has 0 aromatic heterocycles. The van der Waals surface area contributed by atoms with Crippen molar-refractivity contribution in [3.05, 3.63) is 0 Å². The second kappa shape index (κ2) is 7.25. The van der Waals surface area contributed by atoms with E-state index in [4.69, 9.17) is 4.74 Å². The van der Waals surface area contributed by atoms with Gasteiger partial charge in [0.05, 0.1) is 6.61 Å². The molecular formula is C13H27NO2. The molecule has 1 aliphatic carbocycles. The smallest absolute Gasteiger partial charge is 0.0611 e. The van der Waals surface area contributed by atoms with E-state index < -0.39 is 0 Å². The van der Waals surface area contributed by atoms with Gasteiger partial charge < -0.3 is 15.2 Å². The van der Waals surface area contributed by atoms with Gasteiger partial charge in [-0.2, -0.15) is 0 Å². The standard InChI is InChI=1S/C13H27NO2/c1-3-14-13(2,11-15)8-10-16-9-7-12-5-4-6-12/h12,14-15H,3-11H2,1-2H3. The first-order valence-corrected chi connectivity index (χ1v) is 6.64. The number of nitrogens with one attached hydrogen (secondary N) is 1. The van der Waals surface area contributed by atoms with Gasteiger partial charge in [0.2, 0.25) is 0 Å². The average Bonchev–Trinajstić information content (AvgIpc) is 2.21. The van der Waals surface area contributed by atoms with E-state index in [0.29, 0.717) is 0 Å². The molecule has 3 nitrogen and oxygen atoms in total. The summed E-state index contributed by atoms with van der Waals surface area (Å²) >= 11 is 0. The Morgan fingerprint density at radius 3 is 2.62 bits per heavy atom. The monoisotopic (exact) mass is 229 g/mol. The lowest BCUT2D eigenvalue weighted by Gasteiger charge is -2.29. The minimum atomic E-state index is -0.175. The zero-order chi connectivity index (χ0) is 11.9. The normalized spacial score (nSPS) is 20.4. The number of ether oxygens (including phenoxy) is 1. The topological polar surface area (TPSA) is 41.5 Å². The molecule has 1 fully saturated rings. The predicted octanol–water partition coefficient (Wildman–Crippen LogP) is 1.94. The Morgan fingerprint density at radius 2 is 2.12 bits per heavy atom. The van der Waals surface area contributed by atoms with Crippen LogP contribution < -0.4 is 5.32 Å².